The van der Waals surface area contributed by atoms with Crippen molar-refractivity contribution in [2.24, 2.45) is 0 Å². The van der Waals surface area contributed by atoms with Crippen molar-refractivity contribution in [2.45, 2.75) is 26.4 Å². The molecule has 0 aliphatic heterocycles. The van der Waals surface area contributed by atoms with Gasteiger partial charge in [-0.2, -0.15) is 29.2 Å². The van der Waals surface area contributed by atoms with Gasteiger partial charge >= 0.3 is 11.7 Å². The lowest BCUT2D eigenvalue weighted by Crippen LogP contribution is -2.20. The molecule has 10 rings (SSSR count). The monoisotopic (exact) mass is 776 g/mol. The van der Waals surface area contributed by atoms with E-state index in [-0.39, 0.29) is 51.6 Å². The molecule has 1 N–H and O–H groups in total. The number of nitrogens with zero attached hydrogens (tertiary/aromatic N) is 12. The van der Waals surface area contributed by atoms with Gasteiger partial charge in [-0.15, -0.1) is 20.4 Å². The molecule has 284 valence electrons. The normalized spacial score (nSPS) is 11.9. The third kappa shape index (κ3) is 5.94. The third-order valence-corrected chi connectivity index (χ3v) is 8.77. The second-order valence-electron chi connectivity index (χ2n) is 13.1. The van der Waals surface area contributed by atoms with Gasteiger partial charge in [0.05, 0.1) is 0 Å². The number of aromatic nitrogens is 12. The van der Waals surface area contributed by atoms with Crippen LogP contribution in [0.25, 0.3) is 68.3 Å². The molecule has 0 amide bonds. The fourth-order valence-corrected chi connectivity index (χ4v) is 6.23. The van der Waals surface area contributed by atoms with Crippen LogP contribution in [0.2, 0.25) is 0 Å². The first kappa shape index (κ1) is 35.1. The van der Waals surface area contributed by atoms with Crippen molar-refractivity contribution >= 4 is 28.8 Å². The highest BCUT2D eigenvalue weighted by Crippen LogP contribution is 2.35. The topological polar surface area (TPSA) is 184 Å². The number of hydrogen-bond acceptors (Lipinski definition) is 12. The predicted octanol–water partition coefficient (Wildman–Crippen LogP) is 6.38. The lowest BCUT2D eigenvalue weighted by atomic mass is 10.1. The Labute approximate surface area is 315 Å². The Balaban J connectivity index is 0.000000148. The highest BCUT2D eigenvalue weighted by atomic mass is 19.1. The van der Waals surface area contributed by atoms with Gasteiger partial charge in [-0.05, 0) is 62.4 Å². The first-order chi connectivity index (χ1) is 27.4. The number of Topliss-reactive ketones (excluding diaryl/α,β-unsaturated/α-hetero) is 1. The number of hydrogen-bond donors (Lipinski definition) is 1. The van der Waals surface area contributed by atoms with Gasteiger partial charge in [-0.25, -0.2) is 17.6 Å². The first-order valence-corrected chi connectivity index (χ1v) is 16.9. The summed E-state index contributed by atoms with van der Waals surface area (Å²) in [7, 11) is 0. The second-order valence-corrected chi connectivity index (χ2v) is 13.1. The lowest BCUT2D eigenvalue weighted by molar-refractivity contribution is 0.0664. The van der Waals surface area contributed by atoms with Crippen molar-refractivity contribution in [3.8, 4) is 45.3 Å². The van der Waals surface area contributed by atoms with Crippen LogP contribution < -0.4 is 0 Å². The minimum Gasteiger partial charge on any atom is -0.432 e. The van der Waals surface area contributed by atoms with Crippen LogP contribution in [0.15, 0.2) is 94.4 Å². The summed E-state index contributed by atoms with van der Waals surface area (Å²) in [6, 6.07) is 13.1. The summed E-state index contributed by atoms with van der Waals surface area (Å²) in [5.74, 6) is -2.44. The first-order valence-electron chi connectivity index (χ1n) is 16.9. The number of rotatable bonds is 6. The molecule has 20 heteroatoms. The zero-order chi connectivity index (χ0) is 39.7. The average molecular weight is 777 g/mol. The van der Waals surface area contributed by atoms with E-state index in [2.05, 4.69) is 40.6 Å². The summed E-state index contributed by atoms with van der Waals surface area (Å²) in [5.41, 5.74) is 1.85. The highest BCUT2D eigenvalue weighted by molar-refractivity contribution is 5.91. The molecule has 10 aromatic rings. The number of fused-ring (bicyclic) bond motifs is 4. The Kier molecular flexibility index (Phi) is 8.02. The zero-order valence-corrected chi connectivity index (χ0v) is 29.6. The van der Waals surface area contributed by atoms with Crippen LogP contribution in [0.3, 0.4) is 0 Å². The van der Waals surface area contributed by atoms with E-state index in [1.54, 1.807) is 59.3 Å². The van der Waals surface area contributed by atoms with Crippen molar-refractivity contribution in [3.63, 3.8) is 0 Å². The molecule has 0 aliphatic carbocycles. The molecule has 0 saturated heterocycles. The molecule has 0 aliphatic rings. The van der Waals surface area contributed by atoms with Crippen molar-refractivity contribution in [1.29, 1.82) is 0 Å². The second kappa shape index (κ2) is 13.0. The van der Waals surface area contributed by atoms with Crippen molar-refractivity contribution in [1.82, 2.24) is 58.4 Å². The number of benzene rings is 2. The maximum absolute atomic E-state index is 14.5. The fraction of sp³-hybridized carbons (Fsp3) is 0.108. The molecule has 57 heavy (non-hydrogen) atoms. The smallest absolute Gasteiger partial charge is 0.306 e. The van der Waals surface area contributed by atoms with Gasteiger partial charge in [0, 0.05) is 42.6 Å². The summed E-state index contributed by atoms with van der Waals surface area (Å²) in [6.07, 6.45) is 6.09. The molecule has 0 unspecified atom stereocenters. The molecule has 8 heterocycles. The van der Waals surface area contributed by atoms with Crippen LogP contribution in [-0.4, -0.2) is 69.3 Å². The Hall–Kier alpha value is -7.61. The summed E-state index contributed by atoms with van der Waals surface area (Å²) >= 11 is 0. The van der Waals surface area contributed by atoms with Crippen LogP contribution in [0.4, 0.5) is 17.6 Å². The molecule has 0 saturated carbocycles. The maximum atomic E-state index is 14.5. The third-order valence-electron chi connectivity index (χ3n) is 8.77. The average Bonchev–Trinajstić information content (AvgIpc) is 4.01. The van der Waals surface area contributed by atoms with Crippen LogP contribution in [-0.2, 0) is 5.60 Å². The van der Waals surface area contributed by atoms with Gasteiger partial charge in [0.1, 0.15) is 75.6 Å². The molecular weight excluding hydrogens is 752 g/mol. The maximum Gasteiger partial charge on any atom is 0.306 e. The van der Waals surface area contributed by atoms with Gasteiger partial charge in [0.2, 0.25) is 5.82 Å². The summed E-state index contributed by atoms with van der Waals surface area (Å²) in [6.45, 7) is 4.51. The minimum absolute atomic E-state index is 0.0688. The van der Waals surface area contributed by atoms with E-state index < -0.39 is 28.9 Å². The summed E-state index contributed by atoms with van der Waals surface area (Å²) in [5, 5.41) is 35.1. The van der Waals surface area contributed by atoms with E-state index in [0.717, 1.165) is 24.3 Å². The molecule has 0 atom stereocenters. The van der Waals surface area contributed by atoms with Crippen LogP contribution in [0.5, 0.6) is 0 Å². The molecule has 0 fully saturated rings. The highest BCUT2D eigenvalue weighted by Gasteiger charge is 2.27. The lowest BCUT2D eigenvalue weighted by Gasteiger charge is -2.14. The van der Waals surface area contributed by atoms with Gasteiger partial charge in [0.25, 0.3) is 0 Å². The number of aliphatic hydroxyl groups is 1. The Morgan fingerprint density at radius 1 is 0.667 bits per heavy atom. The zero-order valence-electron chi connectivity index (χ0n) is 29.6. The van der Waals surface area contributed by atoms with Crippen molar-refractivity contribution in [3.05, 3.63) is 121 Å². The van der Waals surface area contributed by atoms with Gasteiger partial charge in [-0.3, -0.25) is 13.6 Å². The number of carbonyl (C=O) groups is 1. The van der Waals surface area contributed by atoms with E-state index in [1.165, 1.54) is 40.6 Å². The van der Waals surface area contributed by atoms with Crippen molar-refractivity contribution in [2.75, 3.05) is 0 Å². The Morgan fingerprint density at radius 3 is 1.65 bits per heavy atom. The van der Waals surface area contributed by atoms with E-state index in [4.69, 9.17) is 8.83 Å². The Bertz CT molecular complexity index is 3190. The van der Waals surface area contributed by atoms with E-state index in [0.29, 0.717) is 34.1 Å². The molecule has 0 bridgehead atoms. The number of ketones is 1. The number of imidazole rings is 2. The molecule has 16 nitrogen and oxygen atoms in total. The van der Waals surface area contributed by atoms with Gasteiger partial charge in [-0.1, -0.05) is 0 Å². The van der Waals surface area contributed by atoms with Crippen LogP contribution in [0.1, 0.15) is 37.2 Å². The fourth-order valence-electron chi connectivity index (χ4n) is 6.23. The van der Waals surface area contributed by atoms with Gasteiger partial charge in [0.15, 0.2) is 22.9 Å². The van der Waals surface area contributed by atoms with Crippen LogP contribution in [0, 0.1) is 23.3 Å². The van der Waals surface area contributed by atoms with Crippen LogP contribution >= 0.6 is 0 Å². The van der Waals surface area contributed by atoms with E-state index in [9.17, 15) is 27.5 Å². The van der Waals surface area contributed by atoms with Crippen molar-refractivity contribution < 1.29 is 36.3 Å². The predicted molar refractivity (Wildman–Crippen MR) is 190 cm³/mol. The standard InChI is InChI=1S/C19H14F2N6O2.C18H10F2N6O2/c1-19(2,28)17-24-23-14-6-5-13(25-27(14)17)16-15(22-18-26(16)7-8-29-18)11-4-3-10(20)9-12(11)21;1-9(27)17-23-22-14-5-4-13(24-26(14)17)16-15(21-18-25(16)6-7-28-18)11-3-2-10(19)8-12(11)20/h3-9,28H,1-2H3;2-8H,1H3. The molecule has 0 spiro atoms. The van der Waals surface area contributed by atoms with E-state index >= 15 is 0 Å². The molecule has 0 radical (unpaired) electrons. The largest absolute Gasteiger partial charge is 0.432 e. The number of oxazole rings is 2. The Morgan fingerprint density at radius 2 is 1.16 bits per heavy atom. The SMILES string of the molecule is CC(=O)c1nnc2ccc(-c3c(-c4ccc(F)cc4F)nc4occn34)nn12.CC(C)(O)c1nnc2ccc(-c3c(-c4ccc(F)cc4F)nc4occn34)nn12. The summed E-state index contributed by atoms with van der Waals surface area (Å²) in [4.78, 5) is 20.4. The quantitative estimate of drug-likeness (QED) is 0.145. The number of carbonyl (C=O) groups excluding carboxylic acids is 1. The number of halogens is 4. The summed E-state index contributed by atoms with van der Waals surface area (Å²) < 4.78 is 72.3. The molecule has 8 aromatic heterocycles. The van der Waals surface area contributed by atoms with Gasteiger partial charge < -0.3 is 13.9 Å². The molecule has 2 aromatic carbocycles. The minimum atomic E-state index is -1.28. The molecular formula is C37H24F4N12O4. The van der Waals surface area contributed by atoms with E-state index in [1.807, 2.05) is 0 Å².